The molecule has 0 aromatic heterocycles. The topological polar surface area (TPSA) is 46.2 Å². The number of rotatable bonds is 2. The maximum Gasteiger partial charge on any atom is 0.138 e. The number of benzene rings is 3. The van der Waals surface area contributed by atoms with Gasteiger partial charge in [0, 0.05) is 9.79 Å². The average Bonchev–Trinajstić information content (AvgIpc) is 2.53. The lowest BCUT2D eigenvalue weighted by Crippen LogP contribution is -1.82. The van der Waals surface area contributed by atoms with Crippen LogP contribution in [0.25, 0.3) is 0 Å². The molecule has 21 heavy (non-hydrogen) atoms. The van der Waals surface area contributed by atoms with Crippen molar-refractivity contribution >= 4 is 17.4 Å². The van der Waals surface area contributed by atoms with Crippen LogP contribution >= 0.6 is 11.8 Å². The van der Waals surface area contributed by atoms with Gasteiger partial charge in [0.15, 0.2) is 0 Å². The van der Waals surface area contributed by atoms with Gasteiger partial charge >= 0.3 is 0 Å². The summed E-state index contributed by atoms with van der Waals surface area (Å²) in [5.41, 5.74) is 5.69. The summed E-state index contributed by atoms with van der Waals surface area (Å²) in [6.07, 6.45) is 0. The van der Waals surface area contributed by atoms with Gasteiger partial charge < -0.3 is 10.8 Å². The summed E-state index contributed by atoms with van der Waals surface area (Å²) in [7, 11) is 0. The van der Waals surface area contributed by atoms with Crippen molar-refractivity contribution in [1.82, 2.24) is 0 Å². The fraction of sp³-hybridized carbons (Fsp3) is 0. The van der Waals surface area contributed by atoms with Gasteiger partial charge in [0.1, 0.15) is 5.75 Å². The van der Waals surface area contributed by atoms with E-state index in [1.807, 2.05) is 12.1 Å². The standard InChI is InChI=1S/C12H10S.C6H7NO/c1-3-7-11(8-4-1)13-12-9-5-2-6-10-12;7-5-3-1-2-4-6(5)8/h1-10H;1-4,8H,7H2. The Labute approximate surface area is 129 Å². The largest absolute Gasteiger partial charge is 0.506 e. The van der Waals surface area contributed by atoms with Crippen LogP contribution in [0.4, 0.5) is 5.69 Å². The highest BCUT2D eigenvalue weighted by atomic mass is 32.2. The minimum absolute atomic E-state index is 0.146. The van der Waals surface area contributed by atoms with Crippen molar-refractivity contribution in [2.45, 2.75) is 9.79 Å². The van der Waals surface area contributed by atoms with Crippen LogP contribution in [0.1, 0.15) is 0 Å². The van der Waals surface area contributed by atoms with Gasteiger partial charge in [-0.3, -0.25) is 0 Å². The summed E-state index contributed by atoms with van der Waals surface area (Å²) in [6.45, 7) is 0. The van der Waals surface area contributed by atoms with E-state index in [1.165, 1.54) is 9.79 Å². The highest BCUT2D eigenvalue weighted by molar-refractivity contribution is 7.99. The third-order valence-corrected chi connectivity index (χ3v) is 3.67. The lowest BCUT2D eigenvalue weighted by atomic mass is 10.3. The lowest BCUT2D eigenvalue weighted by Gasteiger charge is -1.99. The number of anilines is 1. The quantitative estimate of drug-likeness (QED) is 0.526. The Morgan fingerprint density at radius 1 is 0.619 bits per heavy atom. The third-order valence-electron chi connectivity index (χ3n) is 2.66. The number of aromatic hydroxyl groups is 1. The van der Waals surface area contributed by atoms with Crippen molar-refractivity contribution in [2.24, 2.45) is 0 Å². The van der Waals surface area contributed by atoms with Gasteiger partial charge in [-0.1, -0.05) is 60.3 Å². The molecule has 0 unspecified atom stereocenters. The molecule has 3 rings (SSSR count). The first-order valence-electron chi connectivity index (χ1n) is 6.57. The van der Waals surface area contributed by atoms with Gasteiger partial charge in [-0.2, -0.15) is 0 Å². The summed E-state index contributed by atoms with van der Waals surface area (Å²) < 4.78 is 0. The molecule has 0 heterocycles. The van der Waals surface area contributed by atoms with Crippen molar-refractivity contribution < 1.29 is 5.11 Å². The summed E-state index contributed by atoms with van der Waals surface area (Å²) in [5, 5.41) is 8.79. The Morgan fingerprint density at radius 3 is 1.43 bits per heavy atom. The van der Waals surface area contributed by atoms with Crippen molar-refractivity contribution in [3.05, 3.63) is 84.9 Å². The molecule has 0 bridgehead atoms. The van der Waals surface area contributed by atoms with Crippen molar-refractivity contribution in [3.63, 3.8) is 0 Å². The van der Waals surface area contributed by atoms with Crippen molar-refractivity contribution in [3.8, 4) is 5.75 Å². The summed E-state index contributed by atoms with van der Waals surface area (Å²) in [4.78, 5) is 2.57. The number of hydrogen-bond donors (Lipinski definition) is 2. The first-order valence-corrected chi connectivity index (χ1v) is 7.39. The second kappa shape index (κ2) is 8.02. The molecule has 0 spiro atoms. The van der Waals surface area contributed by atoms with E-state index in [4.69, 9.17) is 10.8 Å². The van der Waals surface area contributed by atoms with E-state index < -0.39 is 0 Å². The molecule has 3 heteroatoms. The van der Waals surface area contributed by atoms with Crippen LogP contribution in [0.3, 0.4) is 0 Å². The van der Waals surface area contributed by atoms with Crippen LogP contribution in [0.5, 0.6) is 5.75 Å². The molecule has 0 aliphatic carbocycles. The fourth-order valence-corrected chi connectivity index (χ4v) is 2.46. The minimum atomic E-state index is 0.146. The Balaban J connectivity index is 0.000000173. The summed E-state index contributed by atoms with van der Waals surface area (Å²) in [6, 6.07) is 27.5. The molecule has 0 aliphatic rings. The normalized spacial score (nSPS) is 9.52. The minimum Gasteiger partial charge on any atom is -0.506 e. The maximum atomic E-state index is 8.79. The molecular weight excluding hydrogens is 278 g/mol. The highest BCUT2D eigenvalue weighted by Gasteiger charge is 1.93. The van der Waals surface area contributed by atoms with E-state index in [-0.39, 0.29) is 5.75 Å². The number of nitrogen functional groups attached to an aromatic ring is 1. The Hall–Kier alpha value is -2.39. The molecule has 0 amide bonds. The average molecular weight is 295 g/mol. The van der Waals surface area contributed by atoms with Crippen LogP contribution in [-0.2, 0) is 0 Å². The van der Waals surface area contributed by atoms with E-state index >= 15 is 0 Å². The second-order valence-electron chi connectivity index (χ2n) is 4.29. The molecule has 0 saturated carbocycles. The molecule has 3 aromatic rings. The SMILES string of the molecule is Nc1ccccc1O.c1ccc(Sc2ccccc2)cc1. The van der Waals surface area contributed by atoms with E-state index in [9.17, 15) is 0 Å². The van der Waals surface area contributed by atoms with E-state index in [1.54, 1.807) is 36.0 Å². The first-order chi connectivity index (χ1) is 10.3. The summed E-state index contributed by atoms with van der Waals surface area (Å²) in [5.74, 6) is 0.146. The number of para-hydroxylation sites is 2. The van der Waals surface area contributed by atoms with Crippen molar-refractivity contribution in [1.29, 1.82) is 0 Å². The molecule has 0 aliphatic heterocycles. The predicted octanol–water partition coefficient (Wildman–Crippen LogP) is 4.81. The first kappa shape index (κ1) is 15.0. The zero-order chi connectivity index (χ0) is 14.9. The van der Waals surface area contributed by atoms with Crippen LogP contribution in [0.15, 0.2) is 94.7 Å². The van der Waals surface area contributed by atoms with Gasteiger partial charge in [-0.25, -0.2) is 0 Å². The third kappa shape index (κ3) is 5.24. The van der Waals surface area contributed by atoms with Gasteiger partial charge in [-0.15, -0.1) is 0 Å². The molecule has 0 radical (unpaired) electrons. The molecule has 0 atom stereocenters. The summed E-state index contributed by atoms with van der Waals surface area (Å²) >= 11 is 1.79. The van der Waals surface area contributed by atoms with Gasteiger partial charge in [-0.05, 0) is 36.4 Å². The van der Waals surface area contributed by atoms with Crippen LogP contribution in [-0.4, -0.2) is 5.11 Å². The van der Waals surface area contributed by atoms with E-state index in [0.717, 1.165) is 0 Å². The number of hydrogen-bond acceptors (Lipinski definition) is 3. The molecule has 3 aromatic carbocycles. The number of nitrogens with two attached hydrogens (primary N) is 1. The number of phenolic OH excluding ortho intramolecular Hbond substituents is 1. The van der Waals surface area contributed by atoms with Gasteiger partial charge in [0.05, 0.1) is 5.69 Å². The molecule has 0 fully saturated rings. The smallest absolute Gasteiger partial charge is 0.138 e. The Bertz CT molecular complexity index is 598. The van der Waals surface area contributed by atoms with Gasteiger partial charge in [0.25, 0.3) is 0 Å². The number of phenols is 1. The van der Waals surface area contributed by atoms with Crippen LogP contribution < -0.4 is 5.73 Å². The zero-order valence-corrected chi connectivity index (χ0v) is 12.3. The Kier molecular flexibility index (Phi) is 5.73. The van der Waals surface area contributed by atoms with Crippen LogP contribution in [0, 0.1) is 0 Å². The van der Waals surface area contributed by atoms with Crippen molar-refractivity contribution in [2.75, 3.05) is 5.73 Å². The molecule has 0 saturated heterocycles. The van der Waals surface area contributed by atoms with Crippen LogP contribution in [0.2, 0.25) is 0 Å². The molecular formula is C18H17NOS. The Morgan fingerprint density at radius 2 is 1.05 bits per heavy atom. The molecule has 3 N–H and O–H groups in total. The second-order valence-corrected chi connectivity index (χ2v) is 5.43. The zero-order valence-electron chi connectivity index (χ0n) is 11.5. The monoisotopic (exact) mass is 295 g/mol. The molecule has 2 nitrogen and oxygen atoms in total. The highest BCUT2D eigenvalue weighted by Crippen LogP contribution is 2.26. The van der Waals surface area contributed by atoms with E-state index in [2.05, 4.69) is 48.5 Å². The maximum absolute atomic E-state index is 8.79. The fourth-order valence-electron chi connectivity index (χ4n) is 1.60. The predicted molar refractivity (Wildman–Crippen MR) is 89.5 cm³/mol. The van der Waals surface area contributed by atoms with Gasteiger partial charge in [0.2, 0.25) is 0 Å². The molecule has 106 valence electrons. The van der Waals surface area contributed by atoms with E-state index in [0.29, 0.717) is 5.69 Å². The lowest BCUT2D eigenvalue weighted by molar-refractivity contribution is 0.478.